The highest BCUT2D eigenvalue weighted by Crippen LogP contribution is 2.24. The molecule has 20 heavy (non-hydrogen) atoms. The molecule has 4 unspecified atom stereocenters. The maximum absolute atomic E-state index is 12.7. The monoisotopic (exact) mass is 281 g/mol. The Bertz CT molecular complexity index is 385. The van der Waals surface area contributed by atoms with Gasteiger partial charge in [-0.2, -0.15) is 0 Å². The summed E-state index contributed by atoms with van der Waals surface area (Å²) >= 11 is 0. The van der Waals surface area contributed by atoms with E-state index in [-0.39, 0.29) is 36.4 Å². The van der Waals surface area contributed by atoms with E-state index in [9.17, 15) is 9.59 Å². The first-order valence-electron chi connectivity index (χ1n) is 7.74. The number of hydrogen-bond donors (Lipinski definition) is 1. The van der Waals surface area contributed by atoms with Crippen LogP contribution in [0.1, 0.15) is 40.0 Å². The Morgan fingerprint density at radius 3 is 2.70 bits per heavy atom. The van der Waals surface area contributed by atoms with Crippen molar-refractivity contribution in [1.29, 1.82) is 0 Å². The molecule has 2 aliphatic heterocycles. The quantitative estimate of drug-likeness (QED) is 0.834. The predicted molar refractivity (Wildman–Crippen MR) is 78.2 cm³/mol. The van der Waals surface area contributed by atoms with Gasteiger partial charge in [0.15, 0.2) is 0 Å². The van der Waals surface area contributed by atoms with Crippen LogP contribution in [0.25, 0.3) is 0 Å². The fraction of sp³-hybridized carbons (Fsp3) is 0.867. The van der Waals surface area contributed by atoms with Crippen molar-refractivity contribution in [1.82, 2.24) is 15.1 Å². The lowest BCUT2D eigenvalue weighted by atomic mass is 9.92. The van der Waals surface area contributed by atoms with Crippen molar-refractivity contribution in [3.05, 3.63) is 0 Å². The zero-order valence-electron chi connectivity index (χ0n) is 13.1. The topological polar surface area (TPSA) is 52.7 Å². The summed E-state index contributed by atoms with van der Waals surface area (Å²) in [5, 5.41) is 2.87. The fourth-order valence-corrected chi connectivity index (χ4v) is 3.17. The van der Waals surface area contributed by atoms with E-state index in [1.165, 1.54) is 0 Å². The minimum atomic E-state index is -0.337. The van der Waals surface area contributed by atoms with Gasteiger partial charge in [-0.05, 0) is 32.7 Å². The summed E-state index contributed by atoms with van der Waals surface area (Å²) in [5.41, 5.74) is 0. The van der Waals surface area contributed by atoms with Crippen LogP contribution in [-0.4, -0.2) is 59.9 Å². The molecular formula is C15H27N3O2. The Labute approximate surface area is 121 Å². The van der Waals surface area contributed by atoms with Gasteiger partial charge in [-0.25, -0.2) is 0 Å². The van der Waals surface area contributed by atoms with Gasteiger partial charge in [-0.1, -0.05) is 20.3 Å². The van der Waals surface area contributed by atoms with E-state index >= 15 is 0 Å². The first-order chi connectivity index (χ1) is 9.43. The summed E-state index contributed by atoms with van der Waals surface area (Å²) in [4.78, 5) is 28.7. The lowest BCUT2D eigenvalue weighted by molar-refractivity contribution is -0.149. The summed E-state index contributed by atoms with van der Waals surface area (Å²) in [6, 6.07) is 0.344. The Kier molecular flexibility index (Phi) is 4.68. The molecule has 0 aliphatic carbocycles. The molecule has 5 nitrogen and oxygen atoms in total. The molecular weight excluding hydrogens is 254 g/mol. The number of piperazine rings is 1. The predicted octanol–water partition coefficient (Wildman–Crippen LogP) is 0.842. The van der Waals surface area contributed by atoms with E-state index in [1.807, 2.05) is 11.8 Å². The summed E-state index contributed by atoms with van der Waals surface area (Å²) in [5.74, 6) is 0.292. The molecule has 2 rings (SSSR count). The van der Waals surface area contributed by atoms with Crippen LogP contribution in [0.5, 0.6) is 0 Å². The second-order valence-electron chi connectivity index (χ2n) is 6.40. The lowest BCUT2D eigenvalue weighted by Gasteiger charge is -2.44. The molecule has 0 spiro atoms. The van der Waals surface area contributed by atoms with E-state index in [2.05, 4.69) is 31.1 Å². The van der Waals surface area contributed by atoms with Crippen LogP contribution < -0.4 is 5.32 Å². The van der Waals surface area contributed by atoms with Crippen LogP contribution in [-0.2, 0) is 9.59 Å². The minimum Gasteiger partial charge on any atom is -0.342 e. The Morgan fingerprint density at radius 1 is 1.40 bits per heavy atom. The molecule has 2 amide bonds. The molecule has 2 fully saturated rings. The molecule has 114 valence electrons. The third-order valence-corrected chi connectivity index (χ3v) is 5.01. The number of rotatable bonds is 3. The fourth-order valence-electron chi connectivity index (χ4n) is 3.17. The lowest BCUT2D eigenvalue weighted by Crippen LogP contribution is -2.63. The van der Waals surface area contributed by atoms with Gasteiger partial charge in [0.25, 0.3) is 0 Å². The first kappa shape index (κ1) is 15.3. The number of likely N-dealkylation sites (tertiary alicyclic amines) is 1. The highest BCUT2D eigenvalue weighted by molar-refractivity contribution is 5.95. The Hall–Kier alpha value is -1.10. The highest BCUT2D eigenvalue weighted by atomic mass is 16.2. The van der Waals surface area contributed by atoms with Gasteiger partial charge in [-0.3, -0.25) is 9.59 Å². The van der Waals surface area contributed by atoms with Crippen LogP contribution in [0.3, 0.4) is 0 Å². The summed E-state index contributed by atoms with van der Waals surface area (Å²) in [6.45, 7) is 7.50. The molecule has 1 N–H and O–H groups in total. The molecule has 0 aromatic carbocycles. The van der Waals surface area contributed by atoms with Gasteiger partial charge in [-0.15, -0.1) is 0 Å². The van der Waals surface area contributed by atoms with Crippen molar-refractivity contribution in [3.63, 3.8) is 0 Å². The molecule has 0 radical (unpaired) electrons. The van der Waals surface area contributed by atoms with E-state index in [0.717, 1.165) is 25.8 Å². The third-order valence-electron chi connectivity index (χ3n) is 5.01. The number of piperidine rings is 1. The average Bonchev–Trinajstić information content (AvgIpc) is 2.43. The second-order valence-corrected chi connectivity index (χ2v) is 6.40. The standard InChI is InChI=1S/C15H27N3O2/c1-5-10(2)14-15(20)18(9-13(19)16-14)12-6-7-17(4)11(3)8-12/h10-12,14H,5-9H2,1-4H3,(H,16,19). The number of nitrogens with one attached hydrogen (secondary N) is 1. The van der Waals surface area contributed by atoms with E-state index in [1.54, 1.807) is 0 Å². The van der Waals surface area contributed by atoms with Gasteiger partial charge >= 0.3 is 0 Å². The van der Waals surface area contributed by atoms with E-state index in [4.69, 9.17) is 0 Å². The van der Waals surface area contributed by atoms with Gasteiger partial charge in [0.1, 0.15) is 6.04 Å². The first-order valence-corrected chi connectivity index (χ1v) is 7.74. The summed E-state index contributed by atoms with van der Waals surface area (Å²) < 4.78 is 0. The third kappa shape index (κ3) is 2.97. The molecule has 2 aliphatic rings. The van der Waals surface area contributed by atoms with Crippen molar-refractivity contribution in [2.24, 2.45) is 5.92 Å². The van der Waals surface area contributed by atoms with Crippen LogP contribution in [0, 0.1) is 5.92 Å². The van der Waals surface area contributed by atoms with Crippen LogP contribution in [0.2, 0.25) is 0 Å². The number of hydrogen-bond acceptors (Lipinski definition) is 3. The van der Waals surface area contributed by atoms with Crippen LogP contribution in [0.4, 0.5) is 0 Å². The Balaban J connectivity index is 2.10. The SMILES string of the molecule is CCC(C)C1NC(=O)CN(C2CCN(C)C(C)C2)C1=O. The molecule has 2 heterocycles. The van der Waals surface area contributed by atoms with Crippen molar-refractivity contribution in [3.8, 4) is 0 Å². The number of carbonyl (C=O) groups excluding carboxylic acids is 2. The molecule has 0 aromatic heterocycles. The number of amides is 2. The normalized spacial score (nSPS) is 34.0. The highest BCUT2D eigenvalue weighted by Gasteiger charge is 2.40. The molecule has 4 atom stereocenters. The van der Waals surface area contributed by atoms with Crippen LogP contribution in [0.15, 0.2) is 0 Å². The molecule has 2 saturated heterocycles. The van der Waals surface area contributed by atoms with Crippen molar-refractivity contribution in [2.75, 3.05) is 20.1 Å². The van der Waals surface area contributed by atoms with Gasteiger partial charge < -0.3 is 15.1 Å². The maximum Gasteiger partial charge on any atom is 0.246 e. The summed E-state index contributed by atoms with van der Waals surface area (Å²) in [7, 11) is 2.12. The molecule has 5 heteroatoms. The zero-order chi connectivity index (χ0) is 14.9. The molecule has 0 bridgehead atoms. The maximum atomic E-state index is 12.7. The smallest absolute Gasteiger partial charge is 0.246 e. The van der Waals surface area contributed by atoms with Gasteiger partial charge in [0, 0.05) is 18.6 Å². The van der Waals surface area contributed by atoms with Crippen LogP contribution >= 0.6 is 0 Å². The van der Waals surface area contributed by atoms with Crippen molar-refractivity contribution < 1.29 is 9.59 Å². The molecule has 0 saturated carbocycles. The average molecular weight is 281 g/mol. The minimum absolute atomic E-state index is 0.0125. The van der Waals surface area contributed by atoms with Crippen molar-refractivity contribution in [2.45, 2.75) is 58.2 Å². The number of carbonyl (C=O) groups is 2. The van der Waals surface area contributed by atoms with Gasteiger partial charge in [0.2, 0.25) is 11.8 Å². The molecule has 0 aromatic rings. The number of nitrogens with zero attached hydrogens (tertiary/aromatic N) is 2. The summed E-state index contributed by atoms with van der Waals surface area (Å²) in [6.07, 6.45) is 2.82. The second kappa shape index (κ2) is 6.12. The van der Waals surface area contributed by atoms with E-state index in [0.29, 0.717) is 6.04 Å². The zero-order valence-corrected chi connectivity index (χ0v) is 13.1. The largest absolute Gasteiger partial charge is 0.342 e. The van der Waals surface area contributed by atoms with Crippen molar-refractivity contribution >= 4 is 11.8 Å². The van der Waals surface area contributed by atoms with E-state index < -0.39 is 0 Å². The Morgan fingerprint density at radius 2 is 2.10 bits per heavy atom. The van der Waals surface area contributed by atoms with Gasteiger partial charge in [0.05, 0.1) is 6.54 Å².